The lowest BCUT2D eigenvalue weighted by Gasteiger charge is -2.16. The second-order valence-electron chi connectivity index (χ2n) is 9.07. The highest BCUT2D eigenvalue weighted by Crippen LogP contribution is 2.33. The predicted molar refractivity (Wildman–Crippen MR) is 132 cm³/mol. The normalized spacial score (nSPS) is 15.4. The molecule has 0 unspecified atom stereocenters. The zero-order chi connectivity index (χ0) is 23.5. The summed E-state index contributed by atoms with van der Waals surface area (Å²) in [5.74, 6) is 1.62. The van der Waals surface area contributed by atoms with Crippen molar-refractivity contribution in [2.24, 2.45) is 0 Å². The third-order valence-electron chi connectivity index (χ3n) is 6.96. The number of anilines is 1. The first-order chi connectivity index (χ1) is 16.7. The van der Waals surface area contributed by atoms with Crippen molar-refractivity contribution >= 4 is 22.8 Å². The number of nitrogens with zero attached hydrogens (tertiary/aromatic N) is 4. The maximum atomic E-state index is 13.0. The van der Waals surface area contributed by atoms with E-state index in [0.717, 1.165) is 63.8 Å². The molecule has 180 valence electrons. The number of likely N-dealkylation sites (tertiary alicyclic amines) is 1. The van der Waals surface area contributed by atoms with Gasteiger partial charge in [0.1, 0.15) is 0 Å². The highest BCUT2D eigenvalue weighted by atomic mass is 16.5. The Morgan fingerprint density at radius 3 is 2.47 bits per heavy atom. The van der Waals surface area contributed by atoms with Gasteiger partial charge in [-0.05, 0) is 68.7 Å². The van der Waals surface area contributed by atoms with Gasteiger partial charge in [-0.25, -0.2) is 0 Å². The number of fused-ring (bicyclic) bond motifs is 3. The number of carbonyl (C=O) groups is 1. The number of nitrogens with one attached hydrogen (secondary N) is 1. The molecule has 0 spiro atoms. The molecule has 2 aromatic heterocycles. The number of aromatic nitrogens is 3. The van der Waals surface area contributed by atoms with Crippen molar-refractivity contribution in [2.45, 2.75) is 51.5 Å². The van der Waals surface area contributed by atoms with E-state index in [2.05, 4.69) is 32.0 Å². The van der Waals surface area contributed by atoms with Crippen molar-refractivity contribution in [3.8, 4) is 11.8 Å². The number of hydrogen-bond acceptors (Lipinski definition) is 6. The van der Waals surface area contributed by atoms with Crippen LogP contribution in [0.3, 0.4) is 0 Å². The van der Waals surface area contributed by atoms with Gasteiger partial charge in [0.05, 0.1) is 20.3 Å². The van der Waals surface area contributed by atoms with Crippen LogP contribution in [0.4, 0.5) is 5.95 Å². The van der Waals surface area contributed by atoms with Crippen molar-refractivity contribution in [3.63, 3.8) is 0 Å². The maximum Gasteiger partial charge on any atom is 0.253 e. The van der Waals surface area contributed by atoms with Gasteiger partial charge in [-0.3, -0.25) is 4.79 Å². The van der Waals surface area contributed by atoms with Crippen molar-refractivity contribution in [1.29, 1.82) is 0 Å². The van der Waals surface area contributed by atoms with Crippen LogP contribution >= 0.6 is 0 Å². The Kier molecular flexibility index (Phi) is 6.56. The van der Waals surface area contributed by atoms with Gasteiger partial charge in [0.2, 0.25) is 17.7 Å². The molecule has 3 heterocycles. The Labute approximate surface area is 200 Å². The van der Waals surface area contributed by atoms with Crippen LogP contribution in [-0.4, -0.2) is 59.2 Å². The lowest BCUT2D eigenvalue weighted by molar-refractivity contribution is 0.0793. The van der Waals surface area contributed by atoms with E-state index in [9.17, 15) is 4.79 Å². The molecule has 1 saturated heterocycles. The molecule has 0 saturated carbocycles. The number of benzene rings is 1. The molecule has 5 rings (SSSR count). The van der Waals surface area contributed by atoms with Crippen LogP contribution in [0.25, 0.3) is 10.9 Å². The highest BCUT2D eigenvalue weighted by molar-refractivity contribution is 5.99. The molecule has 3 aromatic rings. The van der Waals surface area contributed by atoms with E-state index >= 15 is 0 Å². The predicted octanol–water partition coefficient (Wildman–Crippen LogP) is 4.07. The first-order valence-electron chi connectivity index (χ1n) is 12.3. The van der Waals surface area contributed by atoms with E-state index in [1.54, 1.807) is 20.3 Å². The Morgan fingerprint density at radius 2 is 1.74 bits per heavy atom. The van der Waals surface area contributed by atoms with E-state index in [0.29, 0.717) is 17.7 Å². The summed E-state index contributed by atoms with van der Waals surface area (Å²) in [4.78, 5) is 23.7. The average Bonchev–Trinajstić information content (AvgIpc) is 3.53. The highest BCUT2D eigenvalue weighted by Gasteiger charge is 2.23. The molecule has 1 amide bonds. The number of carbonyl (C=O) groups excluding carboxylic acids is 1. The first kappa shape index (κ1) is 22.5. The third-order valence-corrected chi connectivity index (χ3v) is 6.96. The largest absolute Gasteiger partial charge is 0.481 e. The minimum absolute atomic E-state index is 0.176. The van der Waals surface area contributed by atoms with Crippen LogP contribution in [0.5, 0.6) is 11.8 Å². The van der Waals surface area contributed by atoms with Crippen molar-refractivity contribution < 1.29 is 14.3 Å². The van der Waals surface area contributed by atoms with Gasteiger partial charge in [0.25, 0.3) is 5.91 Å². The fraction of sp³-hybridized carbons (Fsp3) is 0.500. The molecule has 1 aromatic carbocycles. The smallest absolute Gasteiger partial charge is 0.253 e. The van der Waals surface area contributed by atoms with E-state index in [4.69, 9.17) is 9.47 Å². The monoisotopic (exact) mass is 463 g/mol. The Hall–Kier alpha value is -3.29. The number of ether oxygens (including phenoxy) is 2. The lowest BCUT2D eigenvalue weighted by Crippen LogP contribution is -2.27. The van der Waals surface area contributed by atoms with E-state index in [1.807, 2.05) is 11.0 Å². The first-order valence-corrected chi connectivity index (χ1v) is 12.3. The van der Waals surface area contributed by atoms with Crippen LogP contribution in [0, 0.1) is 0 Å². The second kappa shape index (κ2) is 9.91. The number of amides is 1. The van der Waals surface area contributed by atoms with E-state index in [1.165, 1.54) is 35.0 Å². The van der Waals surface area contributed by atoms with Gasteiger partial charge < -0.3 is 24.3 Å². The molecule has 34 heavy (non-hydrogen) atoms. The van der Waals surface area contributed by atoms with Crippen molar-refractivity contribution in [1.82, 2.24) is 19.4 Å². The Balaban J connectivity index is 1.33. The van der Waals surface area contributed by atoms with Crippen molar-refractivity contribution in [3.05, 3.63) is 41.1 Å². The molecule has 1 N–H and O–H groups in total. The number of methoxy groups -OCH3 is 2. The SMILES string of the molecule is COc1cc(OC)nc(NCCCn2c3c(c4cc(C(=O)N5CCCC5)ccc42)CCCC3)n1. The average molecular weight is 464 g/mol. The molecule has 8 heteroatoms. The summed E-state index contributed by atoms with van der Waals surface area (Å²) >= 11 is 0. The molecule has 1 aliphatic carbocycles. The van der Waals surface area contributed by atoms with Crippen LogP contribution in [0.15, 0.2) is 24.3 Å². The summed E-state index contributed by atoms with van der Waals surface area (Å²) in [6.07, 6.45) is 7.78. The third kappa shape index (κ3) is 4.41. The van der Waals surface area contributed by atoms with Crippen LogP contribution < -0.4 is 14.8 Å². The fourth-order valence-corrected chi connectivity index (χ4v) is 5.26. The zero-order valence-electron chi connectivity index (χ0n) is 20.1. The standard InChI is InChI=1S/C26H33N5O3/c1-33-23-17-24(34-2)29-26(28-23)27-12-7-15-31-21-9-4-3-8-19(21)20-16-18(10-11-22(20)31)25(32)30-13-5-6-14-30/h10-11,16-17H,3-9,12-15H2,1-2H3,(H,27,28,29). The topological polar surface area (TPSA) is 81.5 Å². The second-order valence-corrected chi connectivity index (χ2v) is 9.07. The molecule has 2 aliphatic rings. The number of aryl methyl sites for hydroxylation is 2. The molecule has 0 bridgehead atoms. The quantitative estimate of drug-likeness (QED) is 0.507. The van der Waals surface area contributed by atoms with Gasteiger partial charge in [0.15, 0.2) is 0 Å². The van der Waals surface area contributed by atoms with Gasteiger partial charge in [-0.1, -0.05) is 0 Å². The number of rotatable bonds is 8. The summed E-state index contributed by atoms with van der Waals surface area (Å²) < 4.78 is 12.9. The summed E-state index contributed by atoms with van der Waals surface area (Å²) in [5, 5.41) is 4.55. The van der Waals surface area contributed by atoms with Crippen LogP contribution in [0.2, 0.25) is 0 Å². The van der Waals surface area contributed by atoms with E-state index in [-0.39, 0.29) is 5.91 Å². The molecule has 0 radical (unpaired) electrons. The molecule has 0 atom stereocenters. The summed E-state index contributed by atoms with van der Waals surface area (Å²) in [7, 11) is 3.16. The Bertz CT molecular complexity index is 1160. The number of hydrogen-bond donors (Lipinski definition) is 1. The van der Waals surface area contributed by atoms with Crippen LogP contribution in [-0.2, 0) is 19.4 Å². The van der Waals surface area contributed by atoms with E-state index < -0.39 is 0 Å². The minimum atomic E-state index is 0.176. The van der Waals surface area contributed by atoms with Gasteiger partial charge in [-0.15, -0.1) is 0 Å². The lowest BCUT2D eigenvalue weighted by atomic mass is 9.95. The van der Waals surface area contributed by atoms with Gasteiger partial charge in [-0.2, -0.15) is 9.97 Å². The van der Waals surface area contributed by atoms with Crippen LogP contribution in [0.1, 0.15) is 53.7 Å². The minimum Gasteiger partial charge on any atom is -0.481 e. The maximum absolute atomic E-state index is 13.0. The fourth-order valence-electron chi connectivity index (χ4n) is 5.26. The summed E-state index contributed by atoms with van der Waals surface area (Å²) in [5.41, 5.74) is 4.94. The van der Waals surface area contributed by atoms with Crippen molar-refractivity contribution in [2.75, 3.05) is 39.2 Å². The summed E-state index contributed by atoms with van der Waals surface area (Å²) in [6, 6.07) is 7.97. The Morgan fingerprint density at radius 1 is 1.00 bits per heavy atom. The molecule has 1 fully saturated rings. The summed E-state index contributed by atoms with van der Waals surface area (Å²) in [6.45, 7) is 3.40. The molecular weight excluding hydrogens is 430 g/mol. The zero-order valence-corrected chi connectivity index (χ0v) is 20.1. The van der Waals surface area contributed by atoms with Gasteiger partial charge in [0, 0.05) is 48.3 Å². The molecular formula is C26H33N5O3. The molecule has 8 nitrogen and oxygen atoms in total. The molecule has 1 aliphatic heterocycles. The van der Waals surface area contributed by atoms with Gasteiger partial charge >= 0.3 is 0 Å².